The van der Waals surface area contributed by atoms with Crippen molar-refractivity contribution in [3.8, 4) is 0 Å². The van der Waals surface area contributed by atoms with Gasteiger partial charge in [-0.15, -0.1) is 11.8 Å². The fourth-order valence-electron chi connectivity index (χ4n) is 2.63. The maximum absolute atomic E-state index is 5.48. The van der Waals surface area contributed by atoms with Gasteiger partial charge in [0, 0.05) is 26.0 Å². The van der Waals surface area contributed by atoms with E-state index in [9.17, 15) is 0 Å². The Hall–Kier alpha value is -1.59. The van der Waals surface area contributed by atoms with Crippen molar-refractivity contribution >= 4 is 17.6 Å². The van der Waals surface area contributed by atoms with E-state index in [2.05, 4.69) is 34.1 Å². The summed E-state index contributed by atoms with van der Waals surface area (Å²) in [5.74, 6) is 1.87. The van der Waals surface area contributed by atoms with Crippen LogP contribution in [0.1, 0.15) is 18.4 Å². The first-order valence-corrected chi connectivity index (χ1v) is 8.60. The molecule has 22 heavy (non-hydrogen) atoms. The Balaban J connectivity index is 1.64. The molecule has 2 heterocycles. The van der Waals surface area contributed by atoms with Crippen LogP contribution in [-0.4, -0.2) is 36.3 Å². The minimum Gasteiger partial charge on any atom is -0.380 e. The molecule has 3 rings (SSSR count). The standard InChI is InChI=1S/C17H21N3OS/c1-21-15-8-5-9-20(12-15)16-10-18-11-17(19-16)22-13-14-6-3-2-4-7-14/h2-4,6-7,10-11,15H,5,8-9,12-13H2,1H3. The van der Waals surface area contributed by atoms with Crippen LogP contribution in [0.5, 0.6) is 0 Å². The van der Waals surface area contributed by atoms with E-state index in [0.29, 0.717) is 6.10 Å². The molecule has 1 unspecified atom stereocenters. The van der Waals surface area contributed by atoms with Crippen LogP contribution >= 0.6 is 11.8 Å². The van der Waals surface area contributed by atoms with Crippen molar-refractivity contribution in [1.29, 1.82) is 0 Å². The van der Waals surface area contributed by atoms with Gasteiger partial charge in [-0.25, -0.2) is 4.98 Å². The Labute approximate surface area is 135 Å². The molecule has 1 aromatic heterocycles. The van der Waals surface area contributed by atoms with Crippen molar-refractivity contribution in [1.82, 2.24) is 9.97 Å². The molecule has 1 aromatic carbocycles. The van der Waals surface area contributed by atoms with Gasteiger partial charge in [-0.2, -0.15) is 0 Å². The van der Waals surface area contributed by atoms with Gasteiger partial charge in [0.1, 0.15) is 10.8 Å². The maximum Gasteiger partial charge on any atom is 0.148 e. The largest absolute Gasteiger partial charge is 0.380 e. The summed E-state index contributed by atoms with van der Waals surface area (Å²) in [6, 6.07) is 10.4. The van der Waals surface area contributed by atoms with E-state index in [0.717, 1.165) is 42.5 Å². The molecule has 5 heteroatoms. The molecule has 0 aliphatic carbocycles. The predicted octanol–water partition coefficient (Wildman–Crippen LogP) is 3.38. The fourth-order valence-corrected chi connectivity index (χ4v) is 3.43. The summed E-state index contributed by atoms with van der Waals surface area (Å²) in [6.45, 7) is 1.93. The summed E-state index contributed by atoms with van der Waals surface area (Å²) >= 11 is 1.73. The van der Waals surface area contributed by atoms with Crippen LogP contribution in [0.3, 0.4) is 0 Å². The third-order valence-electron chi connectivity index (χ3n) is 3.86. The summed E-state index contributed by atoms with van der Waals surface area (Å²) in [7, 11) is 1.78. The van der Waals surface area contributed by atoms with Crippen molar-refractivity contribution < 1.29 is 4.74 Å². The van der Waals surface area contributed by atoms with Crippen molar-refractivity contribution in [3.63, 3.8) is 0 Å². The third kappa shape index (κ3) is 3.99. The van der Waals surface area contributed by atoms with Gasteiger partial charge < -0.3 is 9.64 Å². The van der Waals surface area contributed by atoms with Gasteiger partial charge in [0.25, 0.3) is 0 Å². The smallest absolute Gasteiger partial charge is 0.148 e. The highest BCUT2D eigenvalue weighted by molar-refractivity contribution is 7.98. The lowest BCUT2D eigenvalue weighted by molar-refractivity contribution is 0.0891. The van der Waals surface area contributed by atoms with Gasteiger partial charge in [-0.3, -0.25) is 4.98 Å². The second-order valence-corrected chi connectivity index (χ2v) is 6.43. The minimum absolute atomic E-state index is 0.302. The topological polar surface area (TPSA) is 38.2 Å². The van der Waals surface area contributed by atoms with Crippen LogP contribution in [0.4, 0.5) is 5.82 Å². The minimum atomic E-state index is 0.302. The summed E-state index contributed by atoms with van der Waals surface area (Å²) in [6.07, 6.45) is 6.26. The molecule has 0 amide bonds. The number of anilines is 1. The van der Waals surface area contributed by atoms with Gasteiger partial charge in [-0.1, -0.05) is 30.3 Å². The van der Waals surface area contributed by atoms with Crippen LogP contribution in [0.2, 0.25) is 0 Å². The summed E-state index contributed by atoms with van der Waals surface area (Å²) in [5, 5.41) is 0.973. The number of methoxy groups -OCH3 is 1. The van der Waals surface area contributed by atoms with Gasteiger partial charge in [0.15, 0.2) is 0 Å². The maximum atomic E-state index is 5.48. The zero-order valence-corrected chi connectivity index (χ0v) is 13.6. The first-order valence-electron chi connectivity index (χ1n) is 7.61. The van der Waals surface area contributed by atoms with E-state index in [4.69, 9.17) is 9.72 Å². The lowest BCUT2D eigenvalue weighted by atomic mass is 10.1. The Kier molecular flexibility index (Phi) is 5.29. The molecular weight excluding hydrogens is 294 g/mol. The van der Waals surface area contributed by atoms with Crippen LogP contribution < -0.4 is 4.90 Å². The highest BCUT2D eigenvalue weighted by Crippen LogP contribution is 2.24. The molecule has 1 saturated heterocycles. The lowest BCUT2D eigenvalue weighted by Crippen LogP contribution is -2.39. The Morgan fingerprint density at radius 2 is 2.14 bits per heavy atom. The van der Waals surface area contributed by atoms with Crippen LogP contribution in [0.25, 0.3) is 0 Å². The predicted molar refractivity (Wildman–Crippen MR) is 90.3 cm³/mol. The molecular formula is C17H21N3OS. The monoisotopic (exact) mass is 315 g/mol. The average Bonchev–Trinajstić information content (AvgIpc) is 2.61. The van der Waals surface area contributed by atoms with E-state index < -0.39 is 0 Å². The van der Waals surface area contributed by atoms with Gasteiger partial charge >= 0.3 is 0 Å². The average molecular weight is 315 g/mol. The van der Waals surface area contributed by atoms with Crippen molar-refractivity contribution in [3.05, 3.63) is 48.3 Å². The molecule has 2 aromatic rings. The number of benzene rings is 1. The number of rotatable bonds is 5. The highest BCUT2D eigenvalue weighted by Gasteiger charge is 2.20. The first kappa shape index (κ1) is 15.3. The van der Waals surface area contributed by atoms with E-state index in [1.165, 1.54) is 5.56 Å². The number of hydrogen-bond donors (Lipinski definition) is 0. The second kappa shape index (κ2) is 7.61. The second-order valence-electron chi connectivity index (χ2n) is 5.44. The van der Waals surface area contributed by atoms with Crippen LogP contribution in [0, 0.1) is 0 Å². The Morgan fingerprint density at radius 1 is 1.27 bits per heavy atom. The molecule has 1 atom stereocenters. The number of hydrogen-bond acceptors (Lipinski definition) is 5. The summed E-state index contributed by atoms with van der Waals surface area (Å²) in [4.78, 5) is 11.4. The molecule has 0 radical (unpaired) electrons. The SMILES string of the molecule is COC1CCCN(c2cncc(SCc3ccccc3)n2)C1. The van der Waals surface area contributed by atoms with Crippen molar-refractivity contribution in [2.24, 2.45) is 0 Å². The van der Waals surface area contributed by atoms with E-state index in [-0.39, 0.29) is 0 Å². The first-order chi connectivity index (χ1) is 10.8. The molecule has 1 aliphatic heterocycles. The Morgan fingerprint density at radius 3 is 2.95 bits per heavy atom. The molecule has 1 aliphatic rings. The van der Waals surface area contributed by atoms with E-state index in [1.807, 2.05) is 18.5 Å². The van der Waals surface area contributed by atoms with Gasteiger partial charge in [0.05, 0.1) is 18.5 Å². The van der Waals surface area contributed by atoms with Gasteiger partial charge in [-0.05, 0) is 18.4 Å². The molecule has 1 fully saturated rings. The summed E-state index contributed by atoms with van der Waals surface area (Å²) < 4.78 is 5.48. The number of piperidine rings is 1. The number of ether oxygens (including phenoxy) is 1. The number of nitrogens with zero attached hydrogens (tertiary/aromatic N) is 3. The van der Waals surface area contributed by atoms with E-state index >= 15 is 0 Å². The molecule has 0 bridgehead atoms. The quantitative estimate of drug-likeness (QED) is 0.791. The van der Waals surface area contributed by atoms with Crippen LogP contribution in [0.15, 0.2) is 47.8 Å². The molecule has 116 valence electrons. The lowest BCUT2D eigenvalue weighted by Gasteiger charge is -2.32. The highest BCUT2D eigenvalue weighted by atomic mass is 32.2. The van der Waals surface area contributed by atoms with Gasteiger partial charge in [0.2, 0.25) is 0 Å². The molecule has 0 N–H and O–H groups in total. The van der Waals surface area contributed by atoms with Crippen LogP contribution in [-0.2, 0) is 10.5 Å². The third-order valence-corrected chi connectivity index (χ3v) is 4.83. The Bertz CT molecular complexity index is 593. The molecule has 4 nitrogen and oxygen atoms in total. The number of thioether (sulfide) groups is 1. The molecule has 0 spiro atoms. The van der Waals surface area contributed by atoms with Crippen molar-refractivity contribution in [2.45, 2.75) is 29.7 Å². The van der Waals surface area contributed by atoms with Crippen molar-refractivity contribution in [2.75, 3.05) is 25.1 Å². The summed E-state index contributed by atoms with van der Waals surface area (Å²) in [5.41, 5.74) is 1.30. The normalized spacial score (nSPS) is 18.4. The zero-order valence-electron chi connectivity index (χ0n) is 12.8. The molecule has 0 saturated carbocycles. The fraction of sp³-hybridized carbons (Fsp3) is 0.412. The zero-order chi connectivity index (χ0) is 15.2. The number of aromatic nitrogens is 2. The van der Waals surface area contributed by atoms with E-state index in [1.54, 1.807) is 18.9 Å².